The van der Waals surface area contributed by atoms with Crippen LogP contribution in [0, 0.1) is 5.41 Å². The number of rotatable bonds is 3. The molecule has 1 atom stereocenters. The monoisotopic (exact) mass is 252 g/mol. The van der Waals surface area contributed by atoms with Crippen LogP contribution in [-0.4, -0.2) is 24.2 Å². The minimum Gasteiger partial charge on any atom is -0.504 e. The van der Waals surface area contributed by atoms with E-state index in [1.165, 1.54) is 13.2 Å². The summed E-state index contributed by atoms with van der Waals surface area (Å²) in [5, 5.41) is 12.3. The summed E-state index contributed by atoms with van der Waals surface area (Å²) < 4.78 is 4.92. The highest BCUT2D eigenvalue weighted by molar-refractivity contribution is 5.95. The number of nitrogens with two attached hydrogens (primary N) is 1. The van der Waals surface area contributed by atoms with Crippen LogP contribution in [0.25, 0.3) is 0 Å². The Bertz CT molecular complexity index is 438. The lowest BCUT2D eigenvalue weighted by atomic mass is 9.87. The highest BCUT2D eigenvalue weighted by Crippen LogP contribution is 2.29. The summed E-state index contributed by atoms with van der Waals surface area (Å²) in [5.41, 5.74) is 6.00. The number of hydrogen-bond acceptors (Lipinski definition) is 4. The standard InChI is InChI=1S/C13H20N2O3/c1-13(2,3)11(14)12(17)15-8-5-6-10(18-4)9(16)7-8/h5-7,11,16H,14H2,1-4H3,(H,15,17). The van der Waals surface area contributed by atoms with Crippen molar-refractivity contribution in [1.29, 1.82) is 0 Å². The molecule has 1 aromatic rings. The van der Waals surface area contributed by atoms with Crippen molar-refractivity contribution in [3.05, 3.63) is 18.2 Å². The van der Waals surface area contributed by atoms with Crippen molar-refractivity contribution in [2.24, 2.45) is 11.1 Å². The second-order valence-corrected chi connectivity index (χ2v) is 5.22. The van der Waals surface area contributed by atoms with Crippen molar-refractivity contribution >= 4 is 11.6 Å². The highest BCUT2D eigenvalue weighted by Gasteiger charge is 2.27. The Morgan fingerprint density at radius 3 is 2.50 bits per heavy atom. The summed E-state index contributed by atoms with van der Waals surface area (Å²) in [5.74, 6) is 0.0415. The minimum atomic E-state index is -0.623. The van der Waals surface area contributed by atoms with E-state index in [0.717, 1.165) is 0 Å². The molecular formula is C13H20N2O3. The molecule has 1 amide bonds. The lowest BCUT2D eigenvalue weighted by Crippen LogP contribution is -2.45. The van der Waals surface area contributed by atoms with E-state index in [0.29, 0.717) is 11.4 Å². The summed E-state index contributed by atoms with van der Waals surface area (Å²) in [6.07, 6.45) is 0. The number of amides is 1. The fourth-order valence-electron chi connectivity index (χ4n) is 1.38. The van der Waals surface area contributed by atoms with E-state index in [4.69, 9.17) is 10.5 Å². The predicted molar refractivity (Wildman–Crippen MR) is 70.7 cm³/mol. The van der Waals surface area contributed by atoms with Crippen molar-refractivity contribution < 1.29 is 14.6 Å². The van der Waals surface area contributed by atoms with Crippen LogP contribution in [0.15, 0.2) is 18.2 Å². The number of benzene rings is 1. The summed E-state index contributed by atoms with van der Waals surface area (Å²) in [6.45, 7) is 5.67. The Morgan fingerprint density at radius 1 is 1.44 bits per heavy atom. The molecule has 0 aromatic heterocycles. The lowest BCUT2D eigenvalue weighted by Gasteiger charge is -2.25. The third-order valence-corrected chi connectivity index (χ3v) is 2.66. The van der Waals surface area contributed by atoms with Crippen LogP contribution in [-0.2, 0) is 4.79 Å². The quantitative estimate of drug-likeness (QED) is 0.764. The number of ether oxygens (including phenoxy) is 1. The van der Waals surface area contributed by atoms with Gasteiger partial charge < -0.3 is 20.9 Å². The van der Waals surface area contributed by atoms with Gasteiger partial charge in [0, 0.05) is 11.8 Å². The average Bonchev–Trinajstić information content (AvgIpc) is 2.27. The van der Waals surface area contributed by atoms with Crippen molar-refractivity contribution in [3.8, 4) is 11.5 Å². The van der Waals surface area contributed by atoms with Crippen molar-refractivity contribution in [2.45, 2.75) is 26.8 Å². The molecule has 0 saturated carbocycles. The van der Waals surface area contributed by atoms with Gasteiger partial charge in [0.2, 0.25) is 5.91 Å². The Labute approximate surface area is 107 Å². The second-order valence-electron chi connectivity index (χ2n) is 5.22. The molecule has 0 bridgehead atoms. The number of phenols is 1. The van der Waals surface area contributed by atoms with Crippen LogP contribution < -0.4 is 15.8 Å². The molecule has 0 aliphatic carbocycles. The summed E-state index contributed by atoms with van der Waals surface area (Å²) in [6, 6.07) is 4.02. The molecule has 100 valence electrons. The van der Waals surface area contributed by atoms with Gasteiger partial charge in [0.1, 0.15) is 0 Å². The molecular weight excluding hydrogens is 232 g/mol. The van der Waals surface area contributed by atoms with Crippen LogP contribution in [0.1, 0.15) is 20.8 Å². The first-order valence-electron chi connectivity index (χ1n) is 5.69. The van der Waals surface area contributed by atoms with E-state index >= 15 is 0 Å². The number of carbonyl (C=O) groups excluding carboxylic acids is 1. The third kappa shape index (κ3) is 3.37. The molecule has 0 saturated heterocycles. The van der Waals surface area contributed by atoms with Gasteiger partial charge >= 0.3 is 0 Å². The maximum atomic E-state index is 11.9. The molecule has 0 heterocycles. The molecule has 5 heteroatoms. The molecule has 0 fully saturated rings. The molecule has 1 rings (SSSR count). The van der Waals surface area contributed by atoms with Gasteiger partial charge in [-0.3, -0.25) is 4.79 Å². The minimum absolute atomic E-state index is 0.0281. The maximum absolute atomic E-state index is 11.9. The first kappa shape index (κ1) is 14.3. The van der Waals surface area contributed by atoms with Gasteiger partial charge in [0.05, 0.1) is 13.2 Å². The molecule has 0 spiro atoms. The van der Waals surface area contributed by atoms with E-state index in [1.54, 1.807) is 12.1 Å². The average molecular weight is 252 g/mol. The van der Waals surface area contributed by atoms with Gasteiger partial charge in [-0.2, -0.15) is 0 Å². The predicted octanol–water partition coefficient (Wildman–Crippen LogP) is 1.71. The van der Waals surface area contributed by atoms with Gasteiger partial charge in [0.25, 0.3) is 0 Å². The zero-order valence-electron chi connectivity index (χ0n) is 11.2. The van der Waals surface area contributed by atoms with Crippen molar-refractivity contribution in [3.63, 3.8) is 0 Å². The van der Waals surface area contributed by atoms with E-state index < -0.39 is 6.04 Å². The van der Waals surface area contributed by atoms with E-state index in [-0.39, 0.29) is 17.1 Å². The van der Waals surface area contributed by atoms with Crippen LogP contribution >= 0.6 is 0 Å². The number of anilines is 1. The van der Waals surface area contributed by atoms with Gasteiger partial charge in [-0.15, -0.1) is 0 Å². The van der Waals surface area contributed by atoms with Gasteiger partial charge in [-0.1, -0.05) is 20.8 Å². The summed E-state index contributed by atoms with van der Waals surface area (Å²) in [4.78, 5) is 11.9. The molecule has 5 nitrogen and oxygen atoms in total. The third-order valence-electron chi connectivity index (χ3n) is 2.66. The molecule has 0 aliphatic heterocycles. The van der Waals surface area contributed by atoms with Crippen molar-refractivity contribution in [2.75, 3.05) is 12.4 Å². The van der Waals surface area contributed by atoms with Crippen molar-refractivity contribution in [1.82, 2.24) is 0 Å². The number of aromatic hydroxyl groups is 1. The number of methoxy groups -OCH3 is 1. The normalized spacial score (nSPS) is 12.9. The molecule has 0 aliphatic rings. The van der Waals surface area contributed by atoms with Crippen LogP contribution in [0.3, 0.4) is 0 Å². The molecule has 1 unspecified atom stereocenters. The zero-order chi connectivity index (χ0) is 13.9. The molecule has 1 aromatic carbocycles. The van der Waals surface area contributed by atoms with Gasteiger partial charge in [0.15, 0.2) is 11.5 Å². The summed E-state index contributed by atoms with van der Waals surface area (Å²) >= 11 is 0. The Hall–Kier alpha value is -1.75. The zero-order valence-corrected chi connectivity index (χ0v) is 11.2. The SMILES string of the molecule is COc1ccc(NC(=O)C(N)C(C)(C)C)cc1O. The van der Waals surface area contributed by atoms with Crippen LogP contribution in [0.5, 0.6) is 11.5 Å². The molecule has 18 heavy (non-hydrogen) atoms. The number of hydrogen-bond donors (Lipinski definition) is 3. The highest BCUT2D eigenvalue weighted by atomic mass is 16.5. The molecule has 0 radical (unpaired) electrons. The topological polar surface area (TPSA) is 84.6 Å². The Kier molecular flexibility index (Phi) is 4.19. The summed E-state index contributed by atoms with van der Waals surface area (Å²) in [7, 11) is 1.46. The molecule has 4 N–H and O–H groups in total. The number of carbonyl (C=O) groups is 1. The Balaban J connectivity index is 2.80. The fourth-order valence-corrected chi connectivity index (χ4v) is 1.38. The maximum Gasteiger partial charge on any atom is 0.241 e. The van der Waals surface area contributed by atoms with E-state index in [2.05, 4.69) is 5.32 Å². The largest absolute Gasteiger partial charge is 0.504 e. The van der Waals surface area contributed by atoms with Crippen LogP contribution in [0.4, 0.5) is 5.69 Å². The van der Waals surface area contributed by atoms with E-state index in [1.807, 2.05) is 20.8 Å². The number of nitrogens with one attached hydrogen (secondary N) is 1. The van der Waals surface area contributed by atoms with Gasteiger partial charge in [-0.05, 0) is 17.5 Å². The Morgan fingerprint density at radius 2 is 2.06 bits per heavy atom. The first-order chi connectivity index (χ1) is 8.25. The second kappa shape index (κ2) is 5.27. The fraction of sp³-hybridized carbons (Fsp3) is 0.462. The van der Waals surface area contributed by atoms with E-state index in [9.17, 15) is 9.90 Å². The van der Waals surface area contributed by atoms with Crippen LogP contribution in [0.2, 0.25) is 0 Å². The number of phenolic OH excluding ortho intramolecular Hbond substituents is 1. The first-order valence-corrected chi connectivity index (χ1v) is 5.69. The lowest BCUT2D eigenvalue weighted by molar-refractivity contribution is -0.119. The smallest absolute Gasteiger partial charge is 0.241 e. The van der Waals surface area contributed by atoms with Gasteiger partial charge in [-0.25, -0.2) is 0 Å².